The van der Waals surface area contributed by atoms with Gasteiger partial charge < -0.3 is 9.88 Å². The molecule has 94 valence electrons. The standard InChI is InChI=1S/C13H21N3O/c1-13(2,3)16-8-7-14-11(12(16)17)15-9-10-5-4-6-10/h7-8,10H,4-6,9H2,1-3H3,(H,14,15). The van der Waals surface area contributed by atoms with Crippen molar-refractivity contribution >= 4 is 5.82 Å². The molecule has 0 saturated heterocycles. The van der Waals surface area contributed by atoms with Gasteiger partial charge in [0.15, 0.2) is 5.82 Å². The Bertz CT molecular complexity index is 441. The zero-order valence-corrected chi connectivity index (χ0v) is 10.9. The lowest BCUT2D eigenvalue weighted by Crippen LogP contribution is -2.36. The third-order valence-electron chi connectivity index (χ3n) is 3.35. The van der Waals surface area contributed by atoms with Crippen molar-refractivity contribution in [3.63, 3.8) is 0 Å². The van der Waals surface area contributed by atoms with Crippen LogP contribution in [0.1, 0.15) is 40.0 Å². The Hall–Kier alpha value is -1.32. The number of aromatic nitrogens is 2. The highest BCUT2D eigenvalue weighted by molar-refractivity contribution is 5.31. The van der Waals surface area contributed by atoms with Gasteiger partial charge in [0.25, 0.3) is 5.56 Å². The second kappa shape index (κ2) is 4.51. The van der Waals surface area contributed by atoms with Crippen LogP contribution in [0.4, 0.5) is 5.82 Å². The van der Waals surface area contributed by atoms with Crippen molar-refractivity contribution < 1.29 is 0 Å². The number of hydrogen-bond acceptors (Lipinski definition) is 3. The molecule has 1 aromatic heterocycles. The highest BCUT2D eigenvalue weighted by Gasteiger charge is 2.19. The zero-order chi connectivity index (χ0) is 12.5. The summed E-state index contributed by atoms with van der Waals surface area (Å²) in [5.41, 5.74) is -0.230. The normalized spacial score (nSPS) is 16.6. The lowest BCUT2D eigenvalue weighted by molar-refractivity contribution is 0.332. The van der Waals surface area contributed by atoms with E-state index in [1.807, 2.05) is 20.8 Å². The first-order valence-corrected chi connectivity index (χ1v) is 6.30. The number of anilines is 1. The number of rotatable bonds is 3. The predicted molar refractivity (Wildman–Crippen MR) is 69.3 cm³/mol. The molecule has 0 bridgehead atoms. The Morgan fingerprint density at radius 1 is 1.47 bits per heavy atom. The van der Waals surface area contributed by atoms with Crippen LogP contribution in [0.25, 0.3) is 0 Å². The van der Waals surface area contributed by atoms with Crippen LogP contribution in [0, 0.1) is 5.92 Å². The molecule has 0 amide bonds. The summed E-state index contributed by atoms with van der Waals surface area (Å²) in [6.07, 6.45) is 7.30. The van der Waals surface area contributed by atoms with E-state index in [2.05, 4.69) is 10.3 Å². The second-order valence-electron chi connectivity index (χ2n) is 5.80. The maximum atomic E-state index is 12.2. The van der Waals surface area contributed by atoms with Crippen LogP contribution in [-0.4, -0.2) is 16.1 Å². The van der Waals surface area contributed by atoms with Crippen molar-refractivity contribution in [3.8, 4) is 0 Å². The fraction of sp³-hybridized carbons (Fsp3) is 0.692. The molecule has 17 heavy (non-hydrogen) atoms. The first kappa shape index (κ1) is 12.1. The molecule has 0 radical (unpaired) electrons. The molecule has 1 aliphatic rings. The molecule has 0 unspecified atom stereocenters. The molecule has 0 aromatic carbocycles. The van der Waals surface area contributed by atoms with Gasteiger partial charge in [0, 0.05) is 24.5 Å². The summed E-state index contributed by atoms with van der Waals surface area (Å²) in [5.74, 6) is 1.20. The maximum absolute atomic E-state index is 12.2. The third-order valence-corrected chi connectivity index (χ3v) is 3.35. The maximum Gasteiger partial charge on any atom is 0.293 e. The van der Waals surface area contributed by atoms with Crippen LogP contribution in [0.5, 0.6) is 0 Å². The van der Waals surface area contributed by atoms with Crippen molar-refractivity contribution in [2.24, 2.45) is 5.92 Å². The van der Waals surface area contributed by atoms with E-state index in [1.54, 1.807) is 17.0 Å². The van der Waals surface area contributed by atoms with Crippen molar-refractivity contribution in [3.05, 3.63) is 22.7 Å². The zero-order valence-electron chi connectivity index (χ0n) is 10.9. The highest BCUT2D eigenvalue weighted by Crippen LogP contribution is 2.25. The van der Waals surface area contributed by atoms with Gasteiger partial charge in [0.05, 0.1) is 0 Å². The Morgan fingerprint density at radius 3 is 2.71 bits per heavy atom. The molecule has 1 heterocycles. The van der Waals surface area contributed by atoms with E-state index < -0.39 is 0 Å². The van der Waals surface area contributed by atoms with E-state index in [9.17, 15) is 4.79 Å². The fourth-order valence-electron chi connectivity index (χ4n) is 2.00. The van der Waals surface area contributed by atoms with Crippen LogP contribution in [0.15, 0.2) is 17.2 Å². The Morgan fingerprint density at radius 2 is 2.18 bits per heavy atom. The van der Waals surface area contributed by atoms with Crippen molar-refractivity contribution in [1.29, 1.82) is 0 Å². The van der Waals surface area contributed by atoms with Gasteiger partial charge in [-0.2, -0.15) is 0 Å². The first-order valence-electron chi connectivity index (χ1n) is 6.30. The Kier molecular flexibility index (Phi) is 3.22. The summed E-state index contributed by atoms with van der Waals surface area (Å²) in [7, 11) is 0. The number of hydrogen-bond donors (Lipinski definition) is 1. The van der Waals surface area contributed by atoms with Gasteiger partial charge in [-0.15, -0.1) is 0 Å². The monoisotopic (exact) mass is 235 g/mol. The molecule has 1 fully saturated rings. The minimum Gasteiger partial charge on any atom is -0.365 e. The van der Waals surface area contributed by atoms with Crippen LogP contribution in [0.3, 0.4) is 0 Å². The van der Waals surface area contributed by atoms with Crippen LogP contribution < -0.4 is 10.9 Å². The van der Waals surface area contributed by atoms with Gasteiger partial charge in [0.1, 0.15) is 0 Å². The quantitative estimate of drug-likeness (QED) is 0.873. The molecule has 0 spiro atoms. The third kappa shape index (κ3) is 2.68. The minimum absolute atomic E-state index is 0.0284. The van der Waals surface area contributed by atoms with E-state index in [1.165, 1.54) is 19.3 Å². The summed E-state index contributed by atoms with van der Waals surface area (Å²) in [5, 5.41) is 3.18. The predicted octanol–water partition coefficient (Wildman–Crippen LogP) is 2.21. The van der Waals surface area contributed by atoms with Crippen molar-refractivity contribution in [2.75, 3.05) is 11.9 Å². The van der Waals surface area contributed by atoms with E-state index in [0.29, 0.717) is 5.82 Å². The van der Waals surface area contributed by atoms with Gasteiger partial charge in [-0.05, 0) is 39.5 Å². The van der Waals surface area contributed by atoms with Gasteiger partial charge >= 0.3 is 0 Å². The van der Waals surface area contributed by atoms with E-state index in [4.69, 9.17) is 0 Å². The van der Waals surface area contributed by atoms with E-state index in [0.717, 1.165) is 12.5 Å². The smallest absolute Gasteiger partial charge is 0.293 e. The SMILES string of the molecule is CC(C)(C)n1ccnc(NCC2CCC2)c1=O. The number of nitrogens with one attached hydrogen (secondary N) is 1. The number of nitrogens with zero attached hydrogens (tertiary/aromatic N) is 2. The molecule has 1 N–H and O–H groups in total. The largest absolute Gasteiger partial charge is 0.365 e. The molecular weight excluding hydrogens is 214 g/mol. The van der Waals surface area contributed by atoms with Gasteiger partial charge in [-0.25, -0.2) is 4.98 Å². The molecule has 4 heteroatoms. The Balaban J connectivity index is 2.14. The van der Waals surface area contributed by atoms with Crippen molar-refractivity contribution in [1.82, 2.24) is 9.55 Å². The van der Waals surface area contributed by atoms with E-state index in [-0.39, 0.29) is 11.1 Å². The van der Waals surface area contributed by atoms with Gasteiger partial charge in [0.2, 0.25) is 0 Å². The van der Waals surface area contributed by atoms with Crippen LogP contribution in [-0.2, 0) is 5.54 Å². The average Bonchev–Trinajstić information content (AvgIpc) is 2.16. The molecule has 1 aliphatic carbocycles. The summed E-state index contributed by atoms with van der Waals surface area (Å²) in [4.78, 5) is 16.3. The van der Waals surface area contributed by atoms with Gasteiger partial charge in [-0.1, -0.05) is 6.42 Å². The van der Waals surface area contributed by atoms with Gasteiger partial charge in [-0.3, -0.25) is 4.79 Å². The summed E-state index contributed by atoms with van der Waals surface area (Å²) in [6.45, 7) is 6.93. The van der Waals surface area contributed by atoms with Crippen LogP contribution in [0.2, 0.25) is 0 Å². The molecule has 1 saturated carbocycles. The average molecular weight is 235 g/mol. The Labute approximate surface area is 102 Å². The first-order chi connectivity index (χ1) is 7.98. The molecule has 0 aliphatic heterocycles. The molecule has 0 atom stereocenters. The molecule has 1 aromatic rings. The summed E-state index contributed by atoms with van der Waals surface area (Å²) in [6, 6.07) is 0. The highest BCUT2D eigenvalue weighted by atomic mass is 16.1. The second-order valence-corrected chi connectivity index (χ2v) is 5.80. The topological polar surface area (TPSA) is 46.9 Å². The lowest BCUT2D eigenvalue weighted by atomic mass is 9.85. The van der Waals surface area contributed by atoms with Crippen molar-refractivity contribution in [2.45, 2.75) is 45.6 Å². The lowest BCUT2D eigenvalue weighted by Gasteiger charge is -2.26. The molecule has 4 nitrogen and oxygen atoms in total. The van der Waals surface area contributed by atoms with E-state index >= 15 is 0 Å². The fourth-order valence-corrected chi connectivity index (χ4v) is 2.00. The summed E-state index contributed by atoms with van der Waals surface area (Å²) >= 11 is 0. The molecular formula is C13H21N3O. The summed E-state index contributed by atoms with van der Waals surface area (Å²) < 4.78 is 1.73. The molecule has 2 rings (SSSR count). The minimum atomic E-state index is -0.201. The van der Waals surface area contributed by atoms with Crippen LogP contribution >= 0.6 is 0 Å².